The summed E-state index contributed by atoms with van der Waals surface area (Å²) in [5.74, 6) is -0.244. The van der Waals surface area contributed by atoms with Crippen LogP contribution in [0.5, 0.6) is 5.75 Å². The molecule has 126 valence electrons. The highest BCUT2D eigenvalue weighted by Crippen LogP contribution is 2.12. The molecule has 6 nitrogen and oxygen atoms in total. The van der Waals surface area contributed by atoms with Gasteiger partial charge in [0.1, 0.15) is 11.6 Å². The van der Waals surface area contributed by atoms with Gasteiger partial charge in [-0.05, 0) is 26.0 Å². The van der Waals surface area contributed by atoms with E-state index < -0.39 is 5.82 Å². The van der Waals surface area contributed by atoms with E-state index in [-0.39, 0.29) is 24.6 Å². The lowest BCUT2D eigenvalue weighted by atomic mass is 10.3. The van der Waals surface area contributed by atoms with Gasteiger partial charge in [-0.25, -0.2) is 9.18 Å². The molecule has 0 saturated carbocycles. The number of amides is 3. The van der Waals surface area contributed by atoms with Crippen LogP contribution in [0.4, 0.5) is 9.18 Å². The lowest BCUT2D eigenvalue weighted by Gasteiger charge is -2.35. The van der Waals surface area contributed by atoms with Gasteiger partial charge in [-0.1, -0.05) is 6.07 Å². The molecule has 1 aromatic carbocycles. The number of urea groups is 1. The first-order valence-electron chi connectivity index (χ1n) is 7.67. The van der Waals surface area contributed by atoms with Crippen molar-refractivity contribution in [3.8, 4) is 5.75 Å². The third-order valence-electron chi connectivity index (χ3n) is 3.49. The monoisotopic (exact) mass is 323 g/mol. The van der Waals surface area contributed by atoms with Crippen molar-refractivity contribution in [1.82, 2.24) is 15.1 Å². The fourth-order valence-corrected chi connectivity index (χ4v) is 2.29. The first-order chi connectivity index (χ1) is 11.0. The molecule has 2 rings (SSSR count). The minimum Gasteiger partial charge on any atom is -0.484 e. The molecule has 1 aromatic rings. The molecule has 1 saturated heterocycles. The number of ether oxygens (including phenoxy) is 1. The van der Waals surface area contributed by atoms with E-state index in [4.69, 9.17) is 4.74 Å². The topological polar surface area (TPSA) is 61.9 Å². The van der Waals surface area contributed by atoms with Crippen molar-refractivity contribution in [1.29, 1.82) is 0 Å². The summed E-state index contributed by atoms with van der Waals surface area (Å²) in [5.41, 5.74) is 0. The van der Waals surface area contributed by atoms with Crippen LogP contribution in [0.2, 0.25) is 0 Å². The van der Waals surface area contributed by atoms with E-state index in [9.17, 15) is 14.0 Å². The van der Waals surface area contributed by atoms with Crippen LogP contribution in [0.15, 0.2) is 24.3 Å². The summed E-state index contributed by atoms with van der Waals surface area (Å²) in [6, 6.07) is 5.66. The van der Waals surface area contributed by atoms with Crippen LogP contribution < -0.4 is 10.1 Å². The number of nitrogens with one attached hydrogen (secondary N) is 1. The average Bonchev–Trinajstić information content (AvgIpc) is 2.52. The maximum absolute atomic E-state index is 13.0. The molecule has 0 bridgehead atoms. The molecule has 1 aliphatic rings. The first kappa shape index (κ1) is 17.1. The number of rotatable bonds is 4. The third-order valence-corrected chi connectivity index (χ3v) is 3.49. The van der Waals surface area contributed by atoms with E-state index >= 15 is 0 Å². The first-order valence-corrected chi connectivity index (χ1v) is 7.67. The molecule has 7 heteroatoms. The van der Waals surface area contributed by atoms with Gasteiger partial charge in [0.25, 0.3) is 5.91 Å². The summed E-state index contributed by atoms with van der Waals surface area (Å²) in [6.07, 6.45) is 0. The van der Waals surface area contributed by atoms with E-state index in [1.54, 1.807) is 15.9 Å². The molecule has 0 atom stereocenters. The molecular formula is C16H22FN3O3. The van der Waals surface area contributed by atoms with Gasteiger partial charge in [-0.2, -0.15) is 0 Å². The number of nitrogens with zero attached hydrogens (tertiary/aromatic N) is 2. The molecule has 0 radical (unpaired) electrons. The van der Waals surface area contributed by atoms with Crippen LogP contribution in [0, 0.1) is 5.82 Å². The lowest BCUT2D eigenvalue weighted by Crippen LogP contribution is -2.54. The average molecular weight is 323 g/mol. The highest BCUT2D eigenvalue weighted by Gasteiger charge is 2.24. The Labute approximate surface area is 135 Å². The minimum atomic E-state index is -0.403. The van der Waals surface area contributed by atoms with Crippen LogP contribution in [0.25, 0.3) is 0 Å². The van der Waals surface area contributed by atoms with Crippen molar-refractivity contribution in [2.24, 2.45) is 0 Å². The molecule has 0 aromatic heterocycles. The van der Waals surface area contributed by atoms with Crippen molar-refractivity contribution < 1.29 is 18.7 Å². The van der Waals surface area contributed by atoms with Gasteiger partial charge in [0.05, 0.1) is 0 Å². The van der Waals surface area contributed by atoms with E-state index in [0.717, 1.165) is 0 Å². The highest BCUT2D eigenvalue weighted by atomic mass is 19.1. The second-order valence-corrected chi connectivity index (χ2v) is 5.72. The van der Waals surface area contributed by atoms with Crippen LogP contribution in [0.3, 0.4) is 0 Å². The summed E-state index contributed by atoms with van der Waals surface area (Å²) in [6.45, 7) is 5.59. The maximum Gasteiger partial charge on any atom is 0.317 e. The second kappa shape index (κ2) is 7.80. The Kier molecular flexibility index (Phi) is 5.78. The standard InChI is InChI=1S/C16H22FN3O3/c1-12(2)18-16(22)20-8-6-19(7-9-20)15(21)11-23-14-5-3-4-13(17)10-14/h3-5,10,12H,6-9,11H2,1-2H3,(H,18,22). The third kappa shape index (κ3) is 5.12. The predicted molar refractivity (Wildman–Crippen MR) is 83.7 cm³/mol. The number of benzene rings is 1. The number of halogens is 1. The number of piperazine rings is 1. The smallest absolute Gasteiger partial charge is 0.317 e. The van der Waals surface area contributed by atoms with Crippen molar-refractivity contribution in [2.75, 3.05) is 32.8 Å². The number of hydrogen-bond acceptors (Lipinski definition) is 3. The zero-order valence-electron chi connectivity index (χ0n) is 13.4. The number of hydrogen-bond donors (Lipinski definition) is 1. The molecule has 1 heterocycles. The Morgan fingerprint density at radius 3 is 2.48 bits per heavy atom. The van der Waals surface area contributed by atoms with Crippen molar-refractivity contribution in [3.05, 3.63) is 30.1 Å². The summed E-state index contributed by atoms with van der Waals surface area (Å²) in [7, 11) is 0. The molecule has 0 spiro atoms. The van der Waals surface area contributed by atoms with Crippen LogP contribution in [-0.2, 0) is 4.79 Å². The van der Waals surface area contributed by atoms with Crippen LogP contribution >= 0.6 is 0 Å². The molecule has 0 unspecified atom stereocenters. The normalized spacial score (nSPS) is 14.8. The Bertz CT molecular complexity index is 557. The Hall–Kier alpha value is -2.31. The quantitative estimate of drug-likeness (QED) is 0.913. The fourth-order valence-electron chi connectivity index (χ4n) is 2.29. The van der Waals surface area contributed by atoms with Gasteiger partial charge in [-0.15, -0.1) is 0 Å². The van der Waals surface area contributed by atoms with Crippen molar-refractivity contribution in [3.63, 3.8) is 0 Å². The largest absolute Gasteiger partial charge is 0.484 e. The van der Waals surface area contributed by atoms with Gasteiger partial charge in [-0.3, -0.25) is 4.79 Å². The Morgan fingerprint density at radius 1 is 1.22 bits per heavy atom. The highest BCUT2D eigenvalue weighted by molar-refractivity contribution is 5.79. The fraction of sp³-hybridized carbons (Fsp3) is 0.500. The minimum absolute atomic E-state index is 0.0850. The molecule has 0 aliphatic carbocycles. The number of carbonyl (C=O) groups excluding carboxylic acids is 2. The van der Waals surface area contributed by atoms with Crippen LogP contribution in [-0.4, -0.2) is 60.6 Å². The summed E-state index contributed by atoms with van der Waals surface area (Å²) in [4.78, 5) is 27.3. The van der Waals surface area contributed by atoms with Crippen molar-refractivity contribution >= 4 is 11.9 Å². The van der Waals surface area contributed by atoms with Crippen LogP contribution in [0.1, 0.15) is 13.8 Å². The maximum atomic E-state index is 13.0. The van der Waals surface area contributed by atoms with E-state index in [1.807, 2.05) is 13.8 Å². The van der Waals surface area contributed by atoms with Gasteiger partial charge in [0, 0.05) is 38.3 Å². The Morgan fingerprint density at radius 2 is 1.87 bits per heavy atom. The van der Waals surface area contributed by atoms with E-state index in [2.05, 4.69) is 5.32 Å². The summed E-state index contributed by atoms with van der Waals surface area (Å²) < 4.78 is 18.3. The molecular weight excluding hydrogens is 301 g/mol. The number of carbonyl (C=O) groups is 2. The molecule has 3 amide bonds. The summed E-state index contributed by atoms with van der Waals surface area (Å²) >= 11 is 0. The van der Waals surface area contributed by atoms with Gasteiger partial charge in [0.2, 0.25) is 0 Å². The lowest BCUT2D eigenvalue weighted by molar-refractivity contribution is -0.134. The van der Waals surface area contributed by atoms with E-state index in [1.165, 1.54) is 18.2 Å². The van der Waals surface area contributed by atoms with Crippen molar-refractivity contribution in [2.45, 2.75) is 19.9 Å². The summed E-state index contributed by atoms with van der Waals surface area (Å²) in [5, 5.41) is 2.83. The zero-order chi connectivity index (χ0) is 16.8. The Balaban J connectivity index is 1.76. The molecule has 1 N–H and O–H groups in total. The van der Waals surface area contributed by atoms with Gasteiger partial charge in [0.15, 0.2) is 6.61 Å². The predicted octanol–water partition coefficient (Wildman–Crippen LogP) is 1.47. The SMILES string of the molecule is CC(C)NC(=O)N1CCN(C(=O)COc2cccc(F)c2)CC1. The zero-order valence-corrected chi connectivity index (χ0v) is 13.4. The molecule has 1 aliphatic heterocycles. The van der Waals surface area contributed by atoms with Gasteiger partial charge >= 0.3 is 6.03 Å². The second-order valence-electron chi connectivity index (χ2n) is 5.72. The van der Waals surface area contributed by atoms with Gasteiger partial charge < -0.3 is 19.9 Å². The van der Waals surface area contributed by atoms with E-state index in [0.29, 0.717) is 31.9 Å². The molecule has 1 fully saturated rings. The molecule has 23 heavy (non-hydrogen) atoms.